The van der Waals surface area contributed by atoms with E-state index in [0.717, 1.165) is 11.5 Å². The van der Waals surface area contributed by atoms with E-state index in [1.54, 1.807) is 0 Å². The van der Waals surface area contributed by atoms with Crippen LogP contribution in [0.4, 0.5) is 0 Å². The SMILES string of the molecule is CCOC(O[Si](C(C)C)(C(C)C)C(C)C)=C(C)C. The highest BCUT2D eigenvalue weighted by molar-refractivity contribution is 6.77. The molecule has 0 aromatic carbocycles. The van der Waals surface area contributed by atoms with Crippen LogP contribution in [0.25, 0.3) is 0 Å². The summed E-state index contributed by atoms with van der Waals surface area (Å²) in [5, 5.41) is 0. The highest BCUT2D eigenvalue weighted by Crippen LogP contribution is 2.43. The quantitative estimate of drug-likeness (QED) is 0.452. The Morgan fingerprint density at radius 1 is 0.889 bits per heavy atom. The van der Waals surface area contributed by atoms with Crippen molar-refractivity contribution in [1.82, 2.24) is 0 Å². The first kappa shape index (κ1) is 17.6. The van der Waals surface area contributed by atoms with Crippen molar-refractivity contribution in [2.75, 3.05) is 6.61 Å². The molecule has 0 spiro atoms. The van der Waals surface area contributed by atoms with Crippen LogP contribution in [-0.2, 0) is 9.16 Å². The molecule has 0 fully saturated rings. The van der Waals surface area contributed by atoms with Crippen LogP contribution in [0.15, 0.2) is 11.5 Å². The molecule has 0 heterocycles. The van der Waals surface area contributed by atoms with Crippen LogP contribution in [0.2, 0.25) is 16.6 Å². The molecule has 0 bridgehead atoms. The summed E-state index contributed by atoms with van der Waals surface area (Å²) in [6.45, 7) is 20.6. The summed E-state index contributed by atoms with van der Waals surface area (Å²) < 4.78 is 12.2. The third-order valence-electron chi connectivity index (χ3n) is 3.66. The predicted molar refractivity (Wildman–Crippen MR) is 82.1 cm³/mol. The van der Waals surface area contributed by atoms with Crippen molar-refractivity contribution in [3.8, 4) is 0 Å². The summed E-state index contributed by atoms with van der Waals surface area (Å²) in [7, 11) is -1.87. The molecular formula is C15H32O2Si. The van der Waals surface area contributed by atoms with Crippen molar-refractivity contribution >= 4 is 8.32 Å². The van der Waals surface area contributed by atoms with Crippen LogP contribution < -0.4 is 0 Å². The molecule has 0 unspecified atom stereocenters. The molecule has 0 aromatic heterocycles. The minimum atomic E-state index is -1.87. The lowest BCUT2D eigenvalue weighted by molar-refractivity contribution is 0.100. The summed E-state index contributed by atoms with van der Waals surface area (Å²) in [6.07, 6.45) is 0. The summed E-state index contributed by atoms with van der Waals surface area (Å²) in [5.74, 6) is 0.764. The second kappa shape index (κ2) is 7.22. The standard InChI is InChI=1S/C15H32O2Si/c1-10-16-15(11(2)3)17-18(12(4)5,13(6)7)14(8)9/h12-14H,10H2,1-9H3. The highest BCUT2D eigenvalue weighted by Gasteiger charge is 2.47. The summed E-state index contributed by atoms with van der Waals surface area (Å²) >= 11 is 0. The molecule has 0 rings (SSSR count). The summed E-state index contributed by atoms with van der Waals surface area (Å²) in [6, 6.07) is 0. The van der Waals surface area contributed by atoms with E-state index in [-0.39, 0.29) is 0 Å². The highest BCUT2D eigenvalue weighted by atomic mass is 28.4. The first-order valence-corrected chi connectivity index (χ1v) is 9.33. The topological polar surface area (TPSA) is 18.5 Å². The van der Waals surface area contributed by atoms with Crippen LogP contribution in [-0.4, -0.2) is 14.9 Å². The van der Waals surface area contributed by atoms with E-state index in [4.69, 9.17) is 9.16 Å². The molecule has 0 aliphatic heterocycles. The van der Waals surface area contributed by atoms with Gasteiger partial charge in [0.15, 0.2) is 0 Å². The van der Waals surface area contributed by atoms with Gasteiger partial charge >= 0.3 is 0 Å². The maximum absolute atomic E-state index is 6.52. The van der Waals surface area contributed by atoms with Crippen molar-refractivity contribution in [2.45, 2.75) is 78.9 Å². The van der Waals surface area contributed by atoms with Crippen LogP contribution in [0.5, 0.6) is 0 Å². The molecule has 18 heavy (non-hydrogen) atoms. The average molecular weight is 273 g/mol. The molecule has 2 nitrogen and oxygen atoms in total. The lowest BCUT2D eigenvalue weighted by Gasteiger charge is -2.42. The van der Waals surface area contributed by atoms with E-state index in [0.29, 0.717) is 23.2 Å². The molecule has 108 valence electrons. The van der Waals surface area contributed by atoms with Gasteiger partial charge in [-0.2, -0.15) is 0 Å². The van der Waals surface area contributed by atoms with Gasteiger partial charge in [-0.15, -0.1) is 0 Å². The van der Waals surface area contributed by atoms with Gasteiger partial charge in [-0.25, -0.2) is 0 Å². The van der Waals surface area contributed by atoms with Crippen molar-refractivity contribution in [1.29, 1.82) is 0 Å². The Kier molecular flexibility index (Phi) is 7.04. The first-order chi connectivity index (χ1) is 8.20. The molecule has 0 amide bonds. The Labute approximate surface area is 115 Å². The van der Waals surface area contributed by atoms with Crippen molar-refractivity contribution < 1.29 is 9.16 Å². The number of allylic oxidation sites excluding steroid dienone is 1. The smallest absolute Gasteiger partial charge is 0.263 e. The summed E-state index contributed by atoms with van der Waals surface area (Å²) in [4.78, 5) is 0. The third kappa shape index (κ3) is 3.77. The fourth-order valence-electron chi connectivity index (χ4n) is 2.92. The molecule has 0 aromatic rings. The number of hydrogen-bond donors (Lipinski definition) is 0. The zero-order chi connectivity index (χ0) is 14.5. The molecule has 0 aliphatic rings. The van der Waals surface area contributed by atoms with E-state index >= 15 is 0 Å². The molecule has 0 saturated carbocycles. The van der Waals surface area contributed by atoms with Crippen molar-refractivity contribution in [3.63, 3.8) is 0 Å². The average Bonchev–Trinajstić information content (AvgIpc) is 2.21. The van der Waals surface area contributed by atoms with Crippen LogP contribution in [0.3, 0.4) is 0 Å². The number of hydrogen-bond acceptors (Lipinski definition) is 2. The van der Waals surface area contributed by atoms with Gasteiger partial charge in [-0.3, -0.25) is 0 Å². The van der Waals surface area contributed by atoms with Gasteiger partial charge in [0.1, 0.15) is 0 Å². The Bertz CT molecular complexity index is 254. The van der Waals surface area contributed by atoms with Gasteiger partial charge in [0.25, 0.3) is 14.3 Å². The van der Waals surface area contributed by atoms with Gasteiger partial charge in [0.05, 0.1) is 6.61 Å². The molecular weight excluding hydrogens is 240 g/mol. The van der Waals surface area contributed by atoms with Crippen LogP contribution in [0, 0.1) is 0 Å². The molecule has 0 N–H and O–H groups in total. The predicted octanol–water partition coefficient (Wildman–Crippen LogP) is 5.47. The first-order valence-electron chi connectivity index (χ1n) is 7.19. The van der Waals surface area contributed by atoms with Gasteiger partial charge in [-0.05, 0) is 37.4 Å². The fraction of sp³-hybridized carbons (Fsp3) is 0.867. The Morgan fingerprint density at radius 3 is 1.50 bits per heavy atom. The zero-order valence-corrected chi connectivity index (χ0v) is 14.8. The number of ether oxygens (including phenoxy) is 1. The second-order valence-electron chi connectivity index (χ2n) is 6.14. The molecule has 3 heteroatoms. The fourth-order valence-corrected chi connectivity index (χ4v) is 8.21. The molecule has 0 aliphatic carbocycles. The van der Waals surface area contributed by atoms with E-state index in [1.165, 1.54) is 0 Å². The number of rotatable bonds is 7. The van der Waals surface area contributed by atoms with Crippen LogP contribution in [0.1, 0.15) is 62.3 Å². The Morgan fingerprint density at radius 2 is 1.28 bits per heavy atom. The summed E-state index contributed by atoms with van der Waals surface area (Å²) in [5.41, 5.74) is 2.86. The maximum Gasteiger partial charge on any atom is 0.263 e. The normalized spacial score (nSPS) is 12.2. The zero-order valence-electron chi connectivity index (χ0n) is 13.8. The monoisotopic (exact) mass is 272 g/mol. The Balaban J connectivity index is 5.41. The molecule has 0 saturated heterocycles. The van der Waals surface area contributed by atoms with Gasteiger partial charge < -0.3 is 9.16 Å². The molecule has 0 radical (unpaired) electrons. The lowest BCUT2D eigenvalue weighted by atomic mass is 10.4. The van der Waals surface area contributed by atoms with E-state index < -0.39 is 8.32 Å². The minimum absolute atomic E-state index is 0.576. The van der Waals surface area contributed by atoms with Crippen molar-refractivity contribution in [3.05, 3.63) is 11.5 Å². The van der Waals surface area contributed by atoms with Gasteiger partial charge in [0.2, 0.25) is 0 Å². The largest absolute Gasteiger partial charge is 0.518 e. The van der Waals surface area contributed by atoms with E-state index in [1.807, 2.05) is 6.92 Å². The second-order valence-corrected chi connectivity index (χ2v) is 11.5. The maximum atomic E-state index is 6.52. The third-order valence-corrected chi connectivity index (χ3v) is 9.61. The van der Waals surface area contributed by atoms with Crippen LogP contribution >= 0.6 is 0 Å². The van der Waals surface area contributed by atoms with Gasteiger partial charge in [0, 0.05) is 5.57 Å². The lowest BCUT2D eigenvalue weighted by Crippen LogP contribution is -2.47. The molecule has 0 atom stereocenters. The van der Waals surface area contributed by atoms with Gasteiger partial charge in [-0.1, -0.05) is 41.5 Å². The minimum Gasteiger partial charge on any atom is -0.518 e. The van der Waals surface area contributed by atoms with Crippen molar-refractivity contribution in [2.24, 2.45) is 0 Å². The van der Waals surface area contributed by atoms with E-state index in [9.17, 15) is 0 Å². The Hall–Kier alpha value is -0.443. The van der Waals surface area contributed by atoms with E-state index in [2.05, 4.69) is 55.4 Å².